The van der Waals surface area contributed by atoms with Crippen LogP contribution in [0.5, 0.6) is 11.5 Å². The molecule has 2 aromatic carbocycles. The molecule has 172 valence electrons. The molecule has 0 amide bonds. The summed E-state index contributed by atoms with van der Waals surface area (Å²) in [5.41, 5.74) is 2.53. The molecule has 0 N–H and O–H groups in total. The molecule has 0 aliphatic rings. The van der Waals surface area contributed by atoms with Gasteiger partial charge in [-0.15, -0.1) is 0 Å². The molecular weight excluding hydrogens is 412 g/mol. The molecule has 0 spiro atoms. The van der Waals surface area contributed by atoms with Gasteiger partial charge in [-0.05, 0) is 48.2 Å². The lowest BCUT2D eigenvalue weighted by atomic mass is 9.78. The van der Waals surface area contributed by atoms with Crippen molar-refractivity contribution in [2.75, 3.05) is 13.2 Å². The molecule has 0 aliphatic heterocycles. The van der Waals surface area contributed by atoms with E-state index in [1.165, 1.54) is 23.2 Å². The van der Waals surface area contributed by atoms with Gasteiger partial charge in [0.2, 0.25) is 0 Å². The third-order valence-electron chi connectivity index (χ3n) is 5.83. The molecule has 4 heteroatoms. The smallest absolute Gasteiger partial charge is 0.119 e. The SMILES string of the molecule is CC(C)(c1ccc(OCCC[Si](C)(C)C)cc1)c1ccc(OCCC[Si](C)(C)C)cc1. The summed E-state index contributed by atoms with van der Waals surface area (Å²) in [6.45, 7) is 20.7. The van der Waals surface area contributed by atoms with Gasteiger partial charge in [0.15, 0.2) is 0 Å². The van der Waals surface area contributed by atoms with Crippen LogP contribution in [0.2, 0.25) is 51.4 Å². The first-order chi connectivity index (χ1) is 14.4. The Morgan fingerprint density at radius 2 is 0.903 bits per heavy atom. The number of hydrogen-bond donors (Lipinski definition) is 0. The first-order valence-corrected chi connectivity index (χ1v) is 19.2. The van der Waals surface area contributed by atoms with Crippen LogP contribution in [0.25, 0.3) is 0 Å². The zero-order valence-electron chi connectivity index (χ0n) is 21.2. The van der Waals surface area contributed by atoms with Gasteiger partial charge in [0.25, 0.3) is 0 Å². The zero-order valence-corrected chi connectivity index (χ0v) is 23.2. The van der Waals surface area contributed by atoms with Crippen LogP contribution in [0.15, 0.2) is 48.5 Å². The van der Waals surface area contributed by atoms with Gasteiger partial charge in [-0.1, -0.05) is 89.5 Å². The maximum absolute atomic E-state index is 5.97. The molecule has 31 heavy (non-hydrogen) atoms. The standard InChI is InChI=1S/C27H44O2Si2/c1-27(2,23-11-15-25(16-12-23)28-19-9-21-30(3,4)5)24-13-17-26(18-14-24)29-20-10-22-31(6,7)8/h11-18H,9-10,19-22H2,1-8H3. The highest BCUT2D eigenvalue weighted by Gasteiger charge is 2.23. The van der Waals surface area contributed by atoms with Gasteiger partial charge in [0.05, 0.1) is 13.2 Å². The van der Waals surface area contributed by atoms with Crippen LogP contribution < -0.4 is 9.47 Å². The second kappa shape index (κ2) is 10.9. The van der Waals surface area contributed by atoms with Gasteiger partial charge < -0.3 is 9.47 Å². The maximum atomic E-state index is 5.97. The third kappa shape index (κ3) is 9.24. The highest BCUT2D eigenvalue weighted by Crippen LogP contribution is 2.33. The summed E-state index contributed by atoms with van der Waals surface area (Å²) < 4.78 is 11.9. The Labute approximate surface area is 193 Å². The fourth-order valence-electron chi connectivity index (χ4n) is 3.69. The molecule has 0 bridgehead atoms. The maximum Gasteiger partial charge on any atom is 0.119 e. The molecule has 2 rings (SSSR count). The van der Waals surface area contributed by atoms with E-state index in [9.17, 15) is 0 Å². The minimum Gasteiger partial charge on any atom is -0.494 e. The van der Waals surface area contributed by atoms with Gasteiger partial charge in [0.1, 0.15) is 11.5 Å². The number of benzene rings is 2. The zero-order chi connectivity index (χ0) is 23.1. The van der Waals surface area contributed by atoms with Gasteiger partial charge >= 0.3 is 0 Å². The molecule has 0 atom stereocenters. The van der Waals surface area contributed by atoms with Crippen molar-refractivity contribution in [2.24, 2.45) is 0 Å². The van der Waals surface area contributed by atoms with Crippen LogP contribution in [0, 0.1) is 0 Å². The van der Waals surface area contributed by atoms with Crippen molar-refractivity contribution >= 4 is 16.1 Å². The average molecular weight is 457 g/mol. The number of rotatable bonds is 12. The first-order valence-electron chi connectivity index (χ1n) is 11.8. The van der Waals surface area contributed by atoms with E-state index in [0.29, 0.717) is 0 Å². The topological polar surface area (TPSA) is 18.5 Å². The van der Waals surface area contributed by atoms with E-state index in [0.717, 1.165) is 37.6 Å². The van der Waals surface area contributed by atoms with Crippen LogP contribution in [-0.2, 0) is 5.41 Å². The lowest BCUT2D eigenvalue weighted by molar-refractivity contribution is 0.316. The molecular formula is C27H44O2Si2. The van der Waals surface area contributed by atoms with Crippen molar-refractivity contribution in [2.45, 2.75) is 83.5 Å². The van der Waals surface area contributed by atoms with Crippen molar-refractivity contribution in [3.63, 3.8) is 0 Å². The van der Waals surface area contributed by atoms with E-state index in [-0.39, 0.29) is 5.41 Å². The molecule has 0 aliphatic carbocycles. The minimum absolute atomic E-state index is 0.0628. The van der Waals surface area contributed by atoms with Gasteiger partial charge in [-0.25, -0.2) is 0 Å². The van der Waals surface area contributed by atoms with E-state index < -0.39 is 16.1 Å². The Hall–Kier alpha value is -1.53. The monoisotopic (exact) mass is 456 g/mol. The van der Waals surface area contributed by atoms with Crippen molar-refractivity contribution in [1.82, 2.24) is 0 Å². The molecule has 2 nitrogen and oxygen atoms in total. The molecule has 0 unspecified atom stereocenters. The number of hydrogen-bond acceptors (Lipinski definition) is 2. The van der Waals surface area contributed by atoms with E-state index >= 15 is 0 Å². The summed E-state index contributed by atoms with van der Waals surface area (Å²) in [6, 6.07) is 19.9. The molecule has 0 radical (unpaired) electrons. The highest BCUT2D eigenvalue weighted by atomic mass is 28.3. The molecule has 0 saturated heterocycles. The Balaban J connectivity index is 1.90. The average Bonchev–Trinajstić information content (AvgIpc) is 2.68. The van der Waals surface area contributed by atoms with Gasteiger partial charge in [-0.2, -0.15) is 0 Å². The molecule has 0 aromatic heterocycles. The fourth-order valence-corrected chi connectivity index (χ4v) is 6.10. The van der Waals surface area contributed by atoms with Gasteiger partial charge in [-0.3, -0.25) is 0 Å². The summed E-state index contributed by atoms with van der Waals surface area (Å²) in [5, 5.41) is 0. The lowest BCUT2D eigenvalue weighted by Gasteiger charge is -2.26. The highest BCUT2D eigenvalue weighted by molar-refractivity contribution is 6.76. The summed E-state index contributed by atoms with van der Waals surface area (Å²) in [5.74, 6) is 1.94. The van der Waals surface area contributed by atoms with E-state index in [4.69, 9.17) is 9.47 Å². The van der Waals surface area contributed by atoms with Crippen LogP contribution >= 0.6 is 0 Å². The molecule has 0 saturated carbocycles. The fraction of sp³-hybridized carbons (Fsp3) is 0.556. The van der Waals surface area contributed by atoms with Crippen molar-refractivity contribution in [3.8, 4) is 11.5 Å². The summed E-state index contributed by atoms with van der Waals surface area (Å²) in [4.78, 5) is 0. The van der Waals surface area contributed by atoms with Crippen LogP contribution in [-0.4, -0.2) is 29.4 Å². The minimum atomic E-state index is -0.976. The molecule has 0 fully saturated rings. The van der Waals surface area contributed by atoms with Crippen molar-refractivity contribution in [3.05, 3.63) is 59.7 Å². The normalized spacial score (nSPS) is 12.6. The number of ether oxygens (including phenoxy) is 2. The Morgan fingerprint density at radius 3 is 1.19 bits per heavy atom. The summed E-state index contributed by atoms with van der Waals surface area (Å²) >= 11 is 0. The van der Waals surface area contributed by atoms with Crippen molar-refractivity contribution < 1.29 is 9.47 Å². The second-order valence-electron chi connectivity index (χ2n) is 11.7. The predicted octanol–water partition coefficient (Wildman–Crippen LogP) is 8.23. The van der Waals surface area contributed by atoms with Crippen molar-refractivity contribution in [1.29, 1.82) is 0 Å². The van der Waals surface area contributed by atoms with E-state index in [2.05, 4.69) is 102 Å². The largest absolute Gasteiger partial charge is 0.494 e. The second-order valence-corrected chi connectivity index (χ2v) is 22.9. The Bertz CT molecular complexity index is 714. The van der Waals surface area contributed by atoms with Crippen LogP contribution in [0.4, 0.5) is 0 Å². The van der Waals surface area contributed by atoms with Crippen LogP contribution in [0.3, 0.4) is 0 Å². The summed E-state index contributed by atoms with van der Waals surface area (Å²) in [7, 11) is -1.95. The third-order valence-corrected chi connectivity index (χ3v) is 9.54. The summed E-state index contributed by atoms with van der Waals surface area (Å²) in [6.07, 6.45) is 2.30. The Kier molecular flexibility index (Phi) is 9.02. The van der Waals surface area contributed by atoms with Gasteiger partial charge in [0, 0.05) is 21.6 Å². The van der Waals surface area contributed by atoms with E-state index in [1.807, 2.05) is 0 Å². The molecule has 0 heterocycles. The Morgan fingerprint density at radius 1 is 0.581 bits per heavy atom. The predicted molar refractivity (Wildman–Crippen MR) is 142 cm³/mol. The lowest BCUT2D eigenvalue weighted by Crippen LogP contribution is -2.20. The quantitative estimate of drug-likeness (QED) is 0.236. The van der Waals surface area contributed by atoms with E-state index in [1.54, 1.807) is 0 Å². The van der Waals surface area contributed by atoms with Crippen LogP contribution in [0.1, 0.15) is 37.8 Å². The first kappa shape index (κ1) is 25.7. The molecule has 2 aromatic rings.